The van der Waals surface area contributed by atoms with E-state index >= 15 is 0 Å². The third-order valence-corrected chi connectivity index (χ3v) is 5.54. The molecule has 4 rings (SSSR count). The van der Waals surface area contributed by atoms with Gasteiger partial charge in [0.2, 0.25) is 0 Å². The van der Waals surface area contributed by atoms with E-state index < -0.39 is 0 Å². The number of amidine groups is 1. The molecule has 188 valence electrons. The van der Waals surface area contributed by atoms with Gasteiger partial charge < -0.3 is 44.7 Å². The Morgan fingerprint density at radius 2 is 1.22 bits per heavy atom. The van der Waals surface area contributed by atoms with E-state index in [1.165, 1.54) is 10.6 Å². The molecular weight excluding hydrogens is 497 g/mol. The Kier molecular flexibility index (Phi) is 10.2. The monoisotopic (exact) mass is 525 g/mol. The Labute approximate surface area is 223 Å². The number of rotatable bonds is 6. The van der Waals surface area contributed by atoms with Crippen LogP contribution < -0.4 is 44.3 Å². The summed E-state index contributed by atoms with van der Waals surface area (Å²) in [7, 11) is 5.82. The average molecular weight is 526 g/mol. The summed E-state index contributed by atoms with van der Waals surface area (Å²) in [6.07, 6.45) is 0. The minimum atomic E-state index is 0. The van der Waals surface area contributed by atoms with E-state index in [-0.39, 0.29) is 36.3 Å². The molecule has 0 fully saturated rings. The number of halogens is 2. The van der Waals surface area contributed by atoms with Gasteiger partial charge in [-0.3, -0.25) is 0 Å². The number of hydrogen-bond donors (Lipinski definition) is 4. The van der Waals surface area contributed by atoms with Crippen LogP contribution in [0.15, 0.2) is 97.1 Å². The zero-order chi connectivity index (χ0) is 24.1. The first kappa shape index (κ1) is 28.5. The van der Waals surface area contributed by atoms with Crippen molar-refractivity contribution in [2.24, 2.45) is 0 Å². The minimum Gasteiger partial charge on any atom is -1.00 e. The zero-order valence-electron chi connectivity index (χ0n) is 20.2. The molecule has 0 spiro atoms. The Hall–Kier alpha value is -3.71. The van der Waals surface area contributed by atoms with Gasteiger partial charge in [-0.05, 0) is 84.9 Å². The maximum absolute atomic E-state index is 9.89. The van der Waals surface area contributed by atoms with E-state index in [9.17, 15) is 10.2 Å². The lowest BCUT2D eigenvalue weighted by molar-refractivity contribution is -0.786. The van der Waals surface area contributed by atoms with Crippen molar-refractivity contribution in [3.8, 4) is 17.2 Å². The largest absolute Gasteiger partial charge is 1.00 e. The van der Waals surface area contributed by atoms with Gasteiger partial charge in [0.15, 0.2) is 11.4 Å². The molecule has 0 unspecified atom stereocenters. The van der Waals surface area contributed by atoms with Crippen molar-refractivity contribution < 1.29 is 44.7 Å². The molecule has 0 saturated heterocycles. The summed E-state index contributed by atoms with van der Waals surface area (Å²) in [5, 5.41) is 23.4. The molecular formula is C28H29Cl2N3O3. The van der Waals surface area contributed by atoms with Gasteiger partial charge in [0.25, 0.3) is 5.84 Å². The van der Waals surface area contributed by atoms with Crippen molar-refractivity contribution >= 4 is 28.6 Å². The molecule has 0 aliphatic carbocycles. The van der Waals surface area contributed by atoms with Gasteiger partial charge in [0, 0.05) is 0 Å². The fourth-order valence-corrected chi connectivity index (χ4v) is 3.70. The second kappa shape index (κ2) is 12.8. The number of nitrogens with zero attached hydrogens (tertiary/aromatic N) is 1. The number of benzene rings is 4. The van der Waals surface area contributed by atoms with Gasteiger partial charge in [-0.15, -0.1) is 0 Å². The summed E-state index contributed by atoms with van der Waals surface area (Å²) in [5.74, 6) is 1.88. The predicted octanol–water partition coefficient (Wildman–Crippen LogP) is -1.72. The Morgan fingerprint density at radius 3 is 1.69 bits per heavy atom. The van der Waals surface area contributed by atoms with Crippen LogP contribution in [0.1, 0.15) is 5.56 Å². The summed E-state index contributed by atoms with van der Waals surface area (Å²) < 4.78 is 7.64. The first-order chi connectivity index (χ1) is 16.5. The molecule has 6 nitrogen and oxygen atoms in total. The normalized spacial score (nSPS) is 10.1. The van der Waals surface area contributed by atoms with Crippen LogP contribution in [-0.2, 0) is 0 Å². The topological polar surface area (TPSA) is 69.2 Å². The van der Waals surface area contributed by atoms with Crippen molar-refractivity contribution in [3.05, 3.63) is 103 Å². The summed E-state index contributed by atoms with van der Waals surface area (Å²) in [5.41, 5.74) is 4.61. The van der Waals surface area contributed by atoms with Gasteiger partial charge in [-0.25, -0.2) is 5.32 Å². The molecule has 0 aromatic heterocycles. The van der Waals surface area contributed by atoms with Crippen LogP contribution >= 0.6 is 0 Å². The Bertz CT molecular complexity index is 1240. The highest BCUT2D eigenvalue weighted by Crippen LogP contribution is 2.29. The van der Waals surface area contributed by atoms with Crippen LogP contribution in [0, 0.1) is 0 Å². The number of methoxy groups -OCH3 is 1. The molecule has 0 saturated carbocycles. The van der Waals surface area contributed by atoms with Gasteiger partial charge in [0.05, 0.1) is 26.8 Å². The summed E-state index contributed by atoms with van der Waals surface area (Å²) >= 11 is 0. The number of quaternary nitrogens is 1. The lowest BCUT2D eigenvalue weighted by Crippen LogP contribution is -3.00. The Morgan fingerprint density at radius 1 is 0.722 bits per heavy atom. The molecule has 0 aliphatic rings. The maximum Gasteiger partial charge on any atom is 0.292 e. The number of aromatic hydroxyl groups is 2. The number of nitrogens with one attached hydrogen (secondary N) is 2. The van der Waals surface area contributed by atoms with Crippen LogP contribution in [0.4, 0.5) is 22.7 Å². The molecule has 4 N–H and O–H groups in total. The molecule has 0 atom stereocenters. The number of para-hydroxylation sites is 2. The predicted molar refractivity (Wildman–Crippen MR) is 137 cm³/mol. The fourth-order valence-electron chi connectivity index (χ4n) is 3.70. The van der Waals surface area contributed by atoms with Gasteiger partial charge in [-0.1, -0.05) is 12.1 Å². The average Bonchev–Trinajstić information content (AvgIpc) is 2.86. The highest BCUT2D eigenvalue weighted by molar-refractivity contribution is 6.11. The quantitative estimate of drug-likeness (QED) is 0.137. The molecule has 0 radical (unpaired) electrons. The van der Waals surface area contributed by atoms with Crippen LogP contribution in [0.25, 0.3) is 0 Å². The van der Waals surface area contributed by atoms with Gasteiger partial charge in [0.1, 0.15) is 28.6 Å². The number of phenolic OH excluding ortho intramolecular Hbond substituents is 2. The Balaban J connectivity index is 0.00000228. The molecule has 4 aromatic carbocycles. The van der Waals surface area contributed by atoms with Crippen molar-refractivity contribution in [2.45, 2.75) is 0 Å². The second-order valence-electron chi connectivity index (χ2n) is 8.12. The van der Waals surface area contributed by atoms with Crippen LogP contribution in [0.5, 0.6) is 17.2 Å². The third kappa shape index (κ3) is 6.49. The zero-order valence-corrected chi connectivity index (χ0v) is 21.8. The first-order valence-corrected chi connectivity index (χ1v) is 11.0. The highest BCUT2D eigenvalue weighted by atomic mass is 35.5. The molecule has 0 aliphatic heterocycles. The number of phenols is 2. The summed E-state index contributed by atoms with van der Waals surface area (Å²) in [6.45, 7) is 0. The van der Waals surface area contributed by atoms with Crippen molar-refractivity contribution in [1.82, 2.24) is 4.58 Å². The van der Waals surface area contributed by atoms with E-state index in [0.717, 1.165) is 28.5 Å². The van der Waals surface area contributed by atoms with Crippen molar-refractivity contribution in [3.63, 3.8) is 0 Å². The van der Waals surface area contributed by atoms with Crippen molar-refractivity contribution in [2.75, 3.05) is 26.5 Å². The SMILES string of the molecule is COc1ccccc1NC(c1ccc([NH+](C)C)cc1)=[N+](c1ccc(O)cc1)c1ccc(O)cc1.[Cl-].[Cl-]. The number of anilines is 1. The number of hydrogen-bond acceptors (Lipinski definition) is 3. The van der Waals surface area contributed by atoms with E-state index in [2.05, 4.69) is 43.7 Å². The third-order valence-electron chi connectivity index (χ3n) is 5.54. The highest BCUT2D eigenvalue weighted by Gasteiger charge is 2.23. The summed E-state index contributed by atoms with van der Waals surface area (Å²) in [6, 6.07) is 30.1. The fraction of sp³-hybridized carbons (Fsp3) is 0.107. The molecule has 36 heavy (non-hydrogen) atoms. The standard InChI is InChI=1S/C28H27N3O3.2ClH/c1-30(2)21-10-8-20(9-11-21)28(29-26-6-4-5-7-27(26)34-3)31(22-12-16-24(32)17-13-22)23-14-18-25(33)19-15-23;;/h4-19,32-33H,1-3H3;2*1H. The first-order valence-electron chi connectivity index (χ1n) is 11.0. The smallest absolute Gasteiger partial charge is 0.292 e. The second-order valence-corrected chi connectivity index (χ2v) is 8.12. The van der Waals surface area contributed by atoms with Gasteiger partial charge >= 0.3 is 0 Å². The molecule has 0 bridgehead atoms. The van der Waals surface area contributed by atoms with Crippen LogP contribution in [0.2, 0.25) is 0 Å². The van der Waals surface area contributed by atoms with E-state index in [1.54, 1.807) is 31.4 Å². The van der Waals surface area contributed by atoms with Crippen LogP contribution in [-0.4, -0.2) is 37.3 Å². The lowest BCUT2D eigenvalue weighted by atomic mass is 10.1. The van der Waals surface area contributed by atoms with E-state index in [1.807, 2.05) is 53.1 Å². The molecule has 0 amide bonds. The molecule has 0 heterocycles. The maximum atomic E-state index is 9.89. The molecule has 8 heteroatoms. The minimum absolute atomic E-state index is 0. The number of ether oxygens (including phenoxy) is 1. The van der Waals surface area contributed by atoms with Crippen LogP contribution in [0.3, 0.4) is 0 Å². The van der Waals surface area contributed by atoms with E-state index in [4.69, 9.17) is 4.74 Å². The summed E-state index contributed by atoms with van der Waals surface area (Å²) in [4.78, 5) is 1.24. The lowest BCUT2D eigenvalue weighted by Gasteiger charge is -2.15. The molecule has 4 aromatic rings. The van der Waals surface area contributed by atoms with Crippen molar-refractivity contribution in [1.29, 1.82) is 0 Å². The van der Waals surface area contributed by atoms with E-state index in [0.29, 0.717) is 5.75 Å². The van der Waals surface area contributed by atoms with Gasteiger partial charge in [-0.2, -0.15) is 4.58 Å².